The van der Waals surface area contributed by atoms with Gasteiger partial charge in [0.05, 0.1) is 6.61 Å². The van der Waals surface area contributed by atoms with Crippen LogP contribution in [-0.2, 0) is 6.54 Å². The molecule has 0 heterocycles. The van der Waals surface area contributed by atoms with Crippen molar-refractivity contribution in [2.45, 2.75) is 59.5 Å². The lowest BCUT2D eigenvalue weighted by atomic mass is 10.1. The molecule has 1 rings (SSSR count). The van der Waals surface area contributed by atoms with Crippen molar-refractivity contribution < 1.29 is 4.74 Å². The van der Waals surface area contributed by atoms with E-state index in [1.807, 2.05) is 18.2 Å². The number of hydrogen-bond acceptors (Lipinski definition) is 2. The molecule has 2 nitrogen and oxygen atoms in total. The van der Waals surface area contributed by atoms with Gasteiger partial charge in [-0.05, 0) is 45.2 Å². The first-order valence-electron chi connectivity index (χ1n) is 7.48. The van der Waals surface area contributed by atoms with Gasteiger partial charge in [-0.25, -0.2) is 0 Å². The highest BCUT2D eigenvalue weighted by molar-refractivity contribution is 6.31. The van der Waals surface area contributed by atoms with Crippen LogP contribution in [0, 0.1) is 5.92 Å². The maximum Gasteiger partial charge on any atom is 0.125 e. The molecule has 1 atom stereocenters. The third-order valence-corrected chi connectivity index (χ3v) is 3.53. The largest absolute Gasteiger partial charge is 0.493 e. The Morgan fingerprint density at radius 3 is 2.60 bits per heavy atom. The van der Waals surface area contributed by atoms with E-state index < -0.39 is 0 Å². The number of nitrogens with one attached hydrogen (secondary N) is 1. The maximum atomic E-state index is 6.31. The summed E-state index contributed by atoms with van der Waals surface area (Å²) in [6.07, 6.45) is 2.38. The molecule has 0 aliphatic rings. The second kappa shape index (κ2) is 7.90. The molecule has 0 spiro atoms. The van der Waals surface area contributed by atoms with E-state index in [1.165, 1.54) is 12.8 Å². The molecule has 0 saturated heterocycles. The highest BCUT2D eigenvalue weighted by Crippen LogP contribution is 2.27. The van der Waals surface area contributed by atoms with Crippen molar-refractivity contribution in [2.24, 2.45) is 5.92 Å². The Morgan fingerprint density at radius 1 is 1.30 bits per heavy atom. The quantitative estimate of drug-likeness (QED) is 0.761. The van der Waals surface area contributed by atoms with Crippen molar-refractivity contribution >= 4 is 11.6 Å². The van der Waals surface area contributed by atoms with E-state index in [2.05, 4.69) is 39.9 Å². The van der Waals surface area contributed by atoms with Crippen LogP contribution >= 0.6 is 11.6 Å². The molecule has 0 aliphatic carbocycles. The summed E-state index contributed by atoms with van der Waals surface area (Å²) in [7, 11) is 0. The average molecular weight is 298 g/mol. The van der Waals surface area contributed by atoms with Crippen molar-refractivity contribution in [1.82, 2.24) is 5.32 Å². The Balaban J connectivity index is 2.72. The van der Waals surface area contributed by atoms with Gasteiger partial charge in [-0.15, -0.1) is 0 Å². The second-order valence-electron chi connectivity index (χ2n) is 6.52. The van der Waals surface area contributed by atoms with Crippen molar-refractivity contribution in [3.63, 3.8) is 0 Å². The topological polar surface area (TPSA) is 21.3 Å². The van der Waals surface area contributed by atoms with Crippen LogP contribution in [0.15, 0.2) is 18.2 Å². The van der Waals surface area contributed by atoms with E-state index in [1.54, 1.807) is 0 Å². The smallest absolute Gasteiger partial charge is 0.125 e. The number of hydrogen-bond donors (Lipinski definition) is 1. The van der Waals surface area contributed by atoms with Crippen LogP contribution in [-0.4, -0.2) is 12.1 Å². The first kappa shape index (κ1) is 17.3. The Hall–Kier alpha value is -0.730. The molecule has 0 saturated carbocycles. The Labute approximate surface area is 128 Å². The van der Waals surface area contributed by atoms with Crippen LogP contribution in [0.3, 0.4) is 0 Å². The number of ether oxygens (including phenoxy) is 1. The number of benzene rings is 1. The minimum absolute atomic E-state index is 0.0615. The normalized spacial score (nSPS) is 13.3. The molecule has 0 fully saturated rings. The van der Waals surface area contributed by atoms with E-state index in [0.717, 1.165) is 29.5 Å². The van der Waals surface area contributed by atoms with E-state index in [-0.39, 0.29) is 5.54 Å². The van der Waals surface area contributed by atoms with E-state index in [9.17, 15) is 0 Å². The van der Waals surface area contributed by atoms with Gasteiger partial charge >= 0.3 is 0 Å². The third kappa shape index (κ3) is 6.15. The zero-order valence-electron chi connectivity index (χ0n) is 13.4. The molecule has 114 valence electrons. The van der Waals surface area contributed by atoms with Gasteiger partial charge in [0.1, 0.15) is 5.75 Å². The van der Waals surface area contributed by atoms with Crippen molar-refractivity contribution in [3.8, 4) is 5.75 Å². The van der Waals surface area contributed by atoms with Gasteiger partial charge in [0.2, 0.25) is 0 Å². The van der Waals surface area contributed by atoms with Crippen LogP contribution in [0.4, 0.5) is 0 Å². The van der Waals surface area contributed by atoms with Crippen molar-refractivity contribution in [1.29, 1.82) is 0 Å². The number of halogens is 1. The van der Waals surface area contributed by atoms with E-state index in [0.29, 0.717) is 5.92 Å². The SMILES string of the molecule is CCCC(C)COc1cccc(Cl)c1CNC(C)(C)C. The molecular weight excluding hydrogens is 270 g/mol. The van der Waals surface area contributed by atoms with Crippen LogP contribution in [0.5, 0.6) is 5.75 Å². The van der Waals surface area contributed by atoms with Gasteiger partial charge in [-0.3, -0.25) is 0 Å². The molecule has 0 radical (unpaired) electrons. The Bertz CT molecular complexity index is 412. The lowest BCUT2D eigenvalue weighted by Crippen LogP contribution is -2.35. The lowest BCUT2D eigenvalue weighted by molar-refractivity contribution is 0.248. The first-order valence-corrected chi connectivity index (χ1v) is 7.86. The summed E-state index contributed by atoms with van der Waals surface area (Å²) >= 11 is 6.31. The first-order chi connectivity index (χ1) is 9.33. The fourth-order valence-electron chi connectivity index (χ4n) is 2.01. The summed E-state index contributed by atoms with van der Waals surface area (Å²) in [6.45, 7) is 12.3. The molecule has 1 aromatic carbocycles. The summed E-state index contributed by atoms with van der Waals surface area (Å²) in [6, 6.07) is 5.87. The predicted octanol–water partition coefficient (Wildman–Crippen LogP) is 5.04. The van der Waals surface area contributed by atoms with E-state index >= 15 is 0 Å². The predicted molar refractivity (Wildman–Crippen MR) is 87.6 cm³/mol. The Kier molecular flexibility index (Phi) is 6.84. The molecule has 0 aliphatic heterocycles. The fourth-order valence-corrected chi connectivity index (χ4v) is 2.24. The van der Waals surface area contributed by atoms with Crippen LogP contribution in [0.25, 0.3) is 0 Å². The van der Waals surface area contributed by atoms with Gasteiger partial charge in [-0.2, -0.15) is 0 Å². The molecule has 1 unspecified atom stereocenters. The molecule has 20 heavy (non-hydrogen) atoms. The molecule has 0 amide bonds. The summed E-state index contributed by atoms with van der Waals surface area (Å²) < 4.78 is 5.97. The average Bonchev–Trinajstić information content (AvgIpc) is 2.34. The molecule has 3 heteroatoms. The van der Waals surface area contributed by atoms with Crippen LogP contribution in [0.2, 0.25) is 5.02 Å². The number of rotatable bonds is 7. The summed E-state index contributed by atoms with van der Waals surface area (Å²) in [5.74, 6) is 1.47. The van der Waals surface area contributed by atoms with Crippen molar-refractivity contribution in [2.75, 3.05) is 6.61 Å². The van der Waals surface area contributed by atoms with Gasteiger partial charge in [0.25, 0.3) is 0 Å². The monoisotopic (exact) mass is 297 g/mol. The maximum absolute atomic E-state index is 6.31. The fraction of sp³-hybridized carbons (Fsp3) is 0.647. The standard InChI is InChI=1S/C17H28ClNO/c1-6-8-13(2)12-20-16-10-7-9-15(18)14(16)11-19-17(3,4)5/h7,9-10,13,19H,6,8,11-12H2,1-5H3. The third-order valence-electron chi connectivity index (χ3n) is 3.18. The van der Waals surface area contributed by atoms with Gasteiger partial charge in [0, 0.05) is 22.7 Å². The lowest BCUT2D eigenvalue weighted by Gasteiger charge is -2.22. The minimum Gasteiger partial charge on any atom is -0.493 e. The van der Waals surface area contributed by atoms with Crippen LogP contribution in [0.1, 0.15) is 53.0 Å². The zero-order valence-corrected chi connectivity index (χ0v) is 14.2. The van der Waals surface area contributed by atoms with Crippen LogP contribution < -0.4 is 10.1 Å². The molecule has 1 N–H and O–H groups in total. The Morgan fingerprint density at radius 2 is 2.00 bits per heavy atom. The zero-order chi connectivity index (χ0) is 15.2. The van der Waals surface area contributed by atoms with Crippen molar-refractivity contribution in [3.05, 3.63) is 28.8 Å². The highest BCUT2D eigenvalue weighted by atomic mass is 35.5. The van der Waals surface area contributed by atoms with Gasteiger partial charge in [-0.1, -0.05) is 37.9 Å². The summed E-state index contributed by atoms with van der Waals surface area (Å²) in [5, 5.41) is 4.23. The minimum atomic E-state index is 0.0615. The van der Waals surface area contributed by atoms with Gasteiger partial charge in [0.15, 0.2) is 0 Å². The van der Waals surface area contributed by atoms with Gasteiger partial charge < -0.3 is 10.1 Å². The summed E-state index contributed by atoms with van der Waals surface area (Å²) in [5.41, 5.74) is 1.11. The molecule has 0 aromatic heterocycles. The molecule has 0 bridgehead atoms. The summed E-state index contributed by atoms with van der Waals surface area (Å²) in [4.78, 5) is 0. The van der Waals surface area contributed by atoms with E-state index in [4.69, 9.17) is 16.3 Å². The highest BCUT2D eigenvalue weighted by Gasteiger charge is 2.14. The molecule has 1 aromatic rings. The molecular formula is C17H28ClNO. The second-order valence-corrected chi connectivity index (χ2v) is 6.93.